The van der Waals surface area contributed by atoms with Crippen LogP contribution < -0.4 is 10.6 Å². The molecule has 0 bridgehead atoms. The van der Waals surface area contributed by atoms with Crippen LogP contribution in [0.1, 0.15) is 139 Å². The maximum atomic E-state index is 14.0. The molecule has 0 saturated heterocycles. The van der Waals surface area contributed by atoms with Gasteiger partial charge in [0.2, 0.25) is 0 Å². The van der Waals surface area contributed by atoms with E-state index in [0.29, 0.717) is 22.9 Å². The van der Waals surface area contributed by atoms with Gasteiger partial charge in [-0.1, -0.05) is 118 Å². The number of hydrogen-bond acceptors (Lipinski definition) is 2. The lowest BCUT2D eigenvalue weighted by atomic mass is 9.89. The number of aromatic nitrogens is 1. The van der Waals surface area contributed by atoms with Crippen molar-refractivity contribution in [2.45, 2.75) is 120 Å². The molecular formula is C40H60FN3O. The Hall–Kier alpha value is -3.60. The molecule has 0 spiro atoms. The van der Waals surface area contributed by atoms with Gasteiger partial charge in [-0.15, -0.1) is 0 Å². The van der Waals surface area contributed by atoms with Crippen LogP contribution in [0.15, 0.2) is 66.9 Å². The normalized spacial score (nSPS) is 11.4. The second-order valence-corrected chi connectivity index (χ2v) is 12.3. The summed E-state index contributed by atoms with van der Waals surface area (Å²) in [4.78, 5) is 16.6. The van der Waals surface area contributed by atoms with E-state index in [-0.39, 0.29) is 11.7 Å². The molecule has 0 fully saturated rings. The van der Waals surface area contributed by atoms with E-state index in [0.717, 1.165) is 41.4 Å². The molecule has 1 heterocycles. The zero-order valence-electron chi connectivity index (χ0n) is 29.6. The number of hydrogen-bond donors (Lipinski definition) is 3. The first-order valence-corrected chi connectivity index (χ1v) is 17.0. The number of allylic oxidation sites excluding steroid dienone is 1. The van der Waals surface area contributed by atoms with E-state index in [1.165, 1.54) is 50.2 Å². The summed E-state index contributed by atoms with van der Waals surface area (Å²) in [5.74, 6) is 0.904. The molecule has 1 atom stereocenters. The Balaban J connectivity index is 0.00000131. The highest BCUT2D eigenvalue weighted by atomic mass is 19.1. The largest absolute Gasteiger partial charge is 0.360 e. The molecule has 1 unspecified atom stereocenters. The smallest absolute Gasteiger partial charge is 0.255 e. The molecule has 45 heavy (non-hydrogen) atoms. The number of carbonyl (C=O) groups is 1. The second kappa shape index (κ2) is 22.0. The summed E-state index contributed by atoms with van der Waals surface area (Å²) in [5.41, 5.74) is 6.40. The van der Waals surface area contributed by atoms with Crippen LogP contribution in [0.4, 0.5) is 15.8 Å². The third kappa shape index (κ3) is 14.4. The summed E-state index contributed by atoms with van der Waals surface area (Å²) in [7, 11) is 0. The van der Waals surface area contributed by atoms with Crippen LogP contribution in [-0.2, 0) is 6.42 Å². The van der Waals surface area contributed by atoms with Gasteiger partial charge in [0.05, 0.1) is 11.4 Å². The second-order valence-electron chi connectivity index (χ2n) is 12.3. The van der Waals surface area contributed by atoms with E-state index in [1.54, 1.807) is 24.3 Å². The fraction of sp³-hybridized carbons (Fsp3) is 0.475. The Bertz CT molecular complexity index is 1300. The molecule has 4 nitrogen and oxygen atoms in total. The number of benzene rings is 2. The zero-order valence-corrected chi connectivity index (χ0v) is 29.6. The quantitative estimate of drug-likeness (QED) is 0.124. The van der Waals surface area contributed by atoms with E-state index in [2.05, 4.69) is 82.8 Å². The van der Waals surface area contributed by atoms with Crippen molar-refractivity contribution >= 4 is 23.4 Å². The maximum Gasteiger partial charge on any atom is 0.255 e. The van der Waals surface area contributed by atoms with E-state index < -0.39 is 0 Å². The molecule has 3 aromatic rings. The van der Waals surface area contributed by atoms with E-state index in [1.807, 2.05) is 32.1 Å². The highest BCUT2D eigenvalue weighted by Gasteiger charge is 2.17. The van der Waals surface area contributed by atoms with Crippen LogP contribution in [0.2, 0.25) is 0 Å². The number of carbonyl (C=O) groups excluding carboxylic acids is 1. The summed E-state index contributed by atoms with van der Waals surface area (Å²) in [6.45, 7) is 23.2. The SMILES string of the molecule is C=C(/C=C\c1c(C)[nH]c(CC)c1NC(=O)c1ccc(C(CCC)CCCCC)cc1)Nc1ccccc1F.CC(C)C.CCC. The Morgan fingerprint density at radius 3 is 2.09 bits per heavy atom. The molecule has 0 aliphatic rings. The number of aryl methyl sites for hydroxylation is 2. The third-order valence-electron chi connectivity index (χ3n) is 6.96. The van der Waals surface area contributed by atoms with Gasteiger partial charge in [0, 0.05) is 28.2 Å². The van der Waals surface area contributed by atoms with Gasteiger partial charge in [0.15, 0.2) is 0 Å². The minimum atomic E-state index is -0.339. The molecule has 248 valence electrons. The summed E-state index contributed by atoms with van der Waals surface area (Å²) >= 11 is 0. The molecule has 0 aliphatic heterocycles. The lowest BCUT2D eigenvalue weighted by Crippen LogP contribution is -2.13. The number of unbranched alkanes of at least 4 members (excludes halogenated alkanes) is 2. The molecular weight excluding hydrogens is 557 g/mol. The topological polar surface area (TPSA) is 56.9 Å². The molecule has 3 rings (SSSR count). The standard InChI is InChI=1S/C33H42FN3O.C4H10.C3H8/c1-6-9-10-14-25(13-7-2)26-18-20-27(21-19-26)33(38)37-32-28(24(5)36-30(32)8-3)22-17-23(4)35-31-16-12-11-15-29(31)34;1-4(2)3;1-3-2/h11-12,15-22,25,35-36H,4,6-10,13-14H2,1-3,5H3,(H,37,38);4H,1-3H3;3H2,1-2H3/b22-17-;;. The summed E-state index contributed by atoms with van der Waals surface area (Å²) < 4.78 is 14.0. The molecule has 3 N–H and O–H groups in total. The first-order chi connectivity index (χ1) is 21.5. The molecule has 0 radical (unpaired) electrons. The van der Waals surface area contributed by atoms with Crippen molar-refractivity contribution in [1.29, 1.82) is 0 Å². The van der Waals surface area contributed by atoms with Crippen molar-refractivity contribution in [2.24, 2.45) is 5.92 Å². The van der Waals surface area contributed by atoms with E-state index >= 15 is 0 Å². The number of amides is 1. The van der Waals surface area contributed by atoms with Crippen LogP contribution >= 0.6 is 0 Å². The van der Waals surface area contributed by atoms with Gasteiger partial charge in [-0.2, -0.15) is 0 Å². The van der Waals surface area contributed by atoms with Gasteiger partial charge in [0.25, 0.3) is 5.91 Å². The van der Waals surface area contributed by atoms with Crippen LogP contribution in [0.25, 0.3) is 6.08 Å². The highest BCUT2D eigenvalue weighted by molar-refractivity contribution is 6.06. The number of nitrogens with one attached hydrogen (secondary N) is 3. The first kappa shape index (κ1) is 39.4. The van der Waals surface area contributed by atoms with Gasteiger partial charge in [-0.25, -0.2) is 4.39 Å². The van der Waals surface area contributed by atoms with Crippen LogP contribution in [-0.4, -0.2) is 10.9 Å². The Labute approximate surface area is 274 Å². The van der Waals surface area contributed by atoms with Gasteiger partial charge in [0.1, 0.15) is 5.82 Å². The number of rotatable bonds is 14. The lowest BCUT2D eigenvalue weighted by molar-refractivity contribution is 0.102. The van der Waals surface area contributed by atoms with Gasteiger partial charge in [-0.05, 0) is 80.0 Å². The summed E-state index contributed by atoms with van der Waals surface area (Å²) in [6, 6.07) is 14.6. The number of halogens is 1. The average molecular weight is 618 g/mol. The fourth-order valence-corrected chi connectivity index (χ4v) is 4.84. The monoisotopic (exact) mass is 617 g/mol. The molecule has 2 aromatic carbocycles. The van der Waals surface area contributed by atoms with Crippen LogP contribution in [0.5, 0.6) is 0 Å². The molecule has 5 heteroatoms. The van der Waals surface area contributed by atoms with Crippen molar-refractivity contribution in [3.05, 3.63) is 101 Å². The van der Waals surface area contributed by atoms with Crippen molar-refractivity contribution in [3.63, 3.8) is 0 Å². The minimum Gasteiger partial charge on any atom is -0.360 e. The van der Waals surface area contributed by atoms with Gasteiger partial charge >= 0.3 is 0 Å². The molecule has 0 aliphatic carbocycles. The Morgan fingerprint density at radius 2 is 1.53 bits per heavy atom. The van der Waals surface area contributed by atoms with Crippen LogP contribution in [0, 0.1) is 18.7 Å². The Kier molecular flexibility index (Phi) is 19.3. The Morgan fingerprint density at radius 1 is 0.911 bits per heavy atom. The van der Waals surface area contributed by atoms with Gasteiger partial charge < -0.3 is 15.6 Å². The highest BCUT2D eigenvalue weighted by Crippen LogP contribution is 2.30. The number of para-hydroxylation sites is 1. The summed E-state index contributed by atoms with van der Waals surface area (Å²) in [6.07, 6.45) is 12.9. The molecule has 1 amide bonds. The van der Waals surface area contributed by atoms with Crippen molar-refractivity contribution in [3.8, 4) is 0 Å². The third-order valence-corrected chi connectivity index (χ3v) is 6.96. The zero-order chi connectivity index (χ0) is 33.8. The minimum absolute atomic E-state index is 0.138. The van der Waals surface area contributed by atoms with E-state index in [9.17, 15) is 9.18 Å². The molecule has 1 aromatic heterocycles. The fourth-order valence-electron chi connectivity index (χ4n) is 4.84. The number of H-pyrrole nitrogens is 1. The number of anilines is 2. The van der Waals surface area contributed by atoms with Crippen molar-refractivity contribution in [2.75, 3.05) is 10.6 Å². The molecule has 0 saturated carbocycles. The van der Waals surface area contributed by atoms with Gasteiger partial charge in [-0.3, -0.25) is 4.79 Å². The maximum absolute atomic E-state index is 14.0. The predicted octanol–water partition coefficient (Wildman–Crippen LogP) is 12.5. The number of aromatic amines is 1. The lowest BCUT2D eigenvalue weighted by Gasteiger charge is -2.17. The summed E-state index contributed by atoms with van der Waals surface area (Å²) in [5, 5.41) is 6.13. The van der Waals surface area contributed by atoms with Crippen molar-refractivity contribution in [1.82, 2.24) is 4.98 Å². The van der Waals surface area contributed by atoms with E-state index in [4.69, 9.17) is 0 Å². The predicted molar refractivity (Wildman–Crippen MR) is 196 cm³/mol. The average Bonchev–Trinajstić information content (AvgIpc) is 3.30. The van der Waals surface area contributed by atoms with Crippen molar-refractivity contribution < 1.29 is 9.18 Å². The van der Waals surface area contributed by atoms with Crippen LogP contribution in [0.3, 0.4) is 0 Å². The first-order valence-electron chi connectivity index (χ1n) is 17.0.